The molecule has 2 bridgehead atoms. The zero-order chi connectivity index (χ0) is 19.7. The van der Waals surface area contributed by atoms with Gasteiger partial charge < -0.3 is 9.84 Å². The fourth-order valence-electron chi connectivity index (χ4n) is 4.08. The predicted molar refractivity (Wildman–Crippen MR) is 97.6 cm³/mol. The van der Waals surface area contributed by atoms with Gasteiger partial charge in [0.15, 0.2) is 6.10 Å². The third kappa shape index (κ3) is 3.97. The Labute approximate surface area is 157 Å². The van der Waals surface area contributed by atoms with Gasteiger partial charge in [-0.1, -0.05) is 18.2 Å². The van der Waals surface area contributed by atoms with E-state index in [2.05, 4.69) is 10.9 Å². The molecule has 7 nitrogen and oxygen atoms in total. The van der Waals surface area contributed by atoms with Crippen molar-refractivity contribution in [3.63, 3.8) is 0 Å². The first-order chi connectivity index (χ1) is 12.8. The fraction of sp³-hybridized carbons (Fsp3) is 0.450. The van der Waals surface area contributed by atoms with Crippen LogP contribution in [-0.2, 0) is 14.4 Å². The molecule has 0 aliphatic heterocycles. The maximum absolute atomic E-state index is 12.5. The Morgan fingerprint density at radius 1 is 1.04 bits per heavy atom. The quantitative estimate of drug-likeness (QED) is 0.539. The van der Waals surface area contributed by atoms with Gasteiger partial charge in [0.1, 0.15) is 5.75 Å². The van der Waals surface area contributed by atoms with Crippen LogP contribution in [0.2, 0.25) is 0 Å². The second kappa shape index (κ2) is 7.42. The van der Waals surface area contributed by atoms with E-state index in [9.17, 15) is 19.5 Å². The number of nitrogens with one attached hydrogen (secondary N) is 2. The number of carbonyl (C=O) groups is 3. The van der Waals surface area contributed by atoms with Crippen molar-refractivity contribution >= 4 is 17.8 Å². The Hall–Kier alpha value is -2.83. The van der Waals surface area contributed by atoms with Crippen LogP contribution in [0.5, 0.6) is 5.75 Å². The van der Waals surface area contributed by atoms with E-state index in [1.807, 2.05) is 44.2 Å². The van der Waals surface area contributed by atoms with Crippen molar-refractivity contribution < 1.29 is 24.2 Å². The molecule has 0 aromatic heterocycles. The number of fused-ring (bicyclic) bond motifs is 2. The van der Waals surface area contributed by atoms with E-state index in [-0.39, 0.29) is 11.8 Å². The molecular formula is C20H24N2O5. The number of benzene rings is 1. The van der Waals surface area contributed by atoms with Gasteiger partial charge in [-0.05, 0) is 62.3 Å². The molecule has 3 N–H and O–H groups in total. The predicted octanol–water partition coefficient (Wildman–Crippen LogP) is 1.74. The zero-order valence-electron chi connectivity index (χ0n) is 15.6. The number of ether oxygens (including phenoxy) is 1. The van der Waals surface area contributed by atoms with E-state index in [1.165, 1.54) is 0 Å². The van der Waals surface area contributed by atoms with Crippen LogP contribution in [-0.4, -0.2) is 29.0 Å². The van der Waals surface area contributed by atoms with E-state index in [0.717, 1.165) is 11.1 Å². The molecule has 2 amide bonds. The van der Waals surface area contributed by atoms with Gasteiger partial charge in [0.25, 0.3) is 5.91 Å². The van der Waals surface area contributed by atoms with Crippen LogP contribution >= 0.6 is 0 Å². The molecule has 0 saturated heterocycles. The molecule has 2 aliphatic carbocycles. The second-order valence-corrected chi connectivity index (χ2v) is 7.40. The SMILES string of the molecule is Cc1cc(C)cc(O[C@H](C)C(=O)NNC(=O)[C@@H]2[C@@H](C(=O)O)[C@H]3C=C[C@@H]2C3)c1. The van der Waals surface area contributed by atoms with Crippen molar-refractivity contribution in [3.05, 3.63) is 41.5 Å². The highest BCUT2D eigenvalue weighted by Gasteiger charge is 2.51. The van der Waals surface area contributed by atoms with Crippen LogP contribution in [0.4, 0.5) is 0 Å². The number of hydrogen-bond donors (Lipinski definition) is 3. The summed E-state index contributed by atoms with van der Waals surface area (Å²) in [6.07, 6.45) is 3.60. The molecular weight excluding hydrogens is 348 g/mol. The number of rotatable bonds is 5. The minimum absolute atomic E-state index is 0.100. The minimum Gasteiger partial charge on any atom is -0.481 e. The van der Waals surface area contributed by atoms with Gasteiger partial charge in [-0.15, -0.1) is 0 Å². The van der Waals surface area contributed by atoms with Gasteiger partial charge in [0.05, 0.1) is 11.8 Å². The summed E-state index contributed by atoms with van der Waals surface area (Å²) in [4.78, 5) is 36.2. The summed E-state index contributed by atoms with van der Waals surface area (Å²) in [5, 5.41) is 9.41. The summed E-state index contributed by atoms with van der Waals surface area (Å²) in [7, 11) is 0. The summed E-state index contributed by atoms with van der Waals surface area (Å²) in [5.41, 5.74) is 6.76. The Bertz CT molecular complexity index is 783. The van der Waals surface area contributed by atoms with Gasteiger partial charge in [-0.2, -0.15) is 0 Å². The number of allylic oxidation sites excluding steroid dienone is 2. The lowest BCUT2D eigenvalue weighted by Crippen LogP contribution is -2.51. The Kier molecular flexibility index (Phi) is 5.21. The van der Waals surface area contributed by atoms with Gasteiger partial charge in [0.2, 0.25) is 5.91 Å². The first-order valence-electron chi connectivity index (χ1n) is 9.02. The first kappa shape index (κ1) is 18.9. The van der Waals surface area contributed by atoms with Crippen LogP contribution in [0.25, 0.3) is 0 Å². The summed E-state index contributed by atoms with van der Waals surface area (Å²) >= 11 is 0. The van der Waals surface area contributed by atoms with Gasteiger partial charge in [0, 0.05) is 0 Å². The molecule has 1 aromatic carbocycles. The minimum atomic E-state index is -0.982. The molecule has 1 fully saturated rings. The lowest BCUT2D eigenvalue weighted by atomic mass is 9.82. The largest absolute Gasteiger partial charge is 0.481 e. The number of carboxylic acid groups (broad SMARTS) is 1. The highest BCUT2D eigenvalue weighted by molar-refractivity contribution is 5.89. The number of hydrogen-bond acceptors (Lipinski definition) is 4. The standard InChI is InChI=1S/C20H24N2O5/c1-10-6-11(2)8-15(7-10)27-12(3)18(23)21-22-19(24)16-13-4-5-14(9-13)17(16)20(25)26/h4-8,12-14,16-17H,9H2,1-3H3,(H,21,23)(H,22,24)(H,25,26)/t12-,13-,14+,16+,17+/m1/s1. The number of aliphatic carboxylic acids is 1. The van der Waals surface area contributed by atoms with Crippen LogP contribution in [0.3, 0.4) is 0 Å². The summed E-state index contributed by atoms with van der Waals surface area (Å²) in [6.45, 7) is 5.46. The van der Waals surface area contributed by atoms with Crippen molar-refractivity contribution in [2.45, 2.75) is 33.3 Å². The van der Waals surface area contributed by atoms with Gasteiger partial charge in [-0.25, -0.2) is 0 Å². The normalized spacial score (nSPS) is 26.5. The lowest BCUT2D eigenvalue weighted by molar-refractivity contribution is -0.148. The summed E-state index contributed by atoms with van der Waals surface area (Å²) in [5.74, 6) is -3.04. The highest BCUT2D eigenvalue weighted by Crippen LogP contribution is 2.48. The van der Waals surface area contributed by atoms with Crippen LogP contribution in [0, 0.1) is 37.5 Å². The summed E-state index contributed by atoms with van der Waals surface area (Å²) < 4.78 is 5.64. The molecule has 27 heavy (non-hydrogen) atoms. The number of hydrazine groups is 1. The Balaban J connectivity index is 1.56. The van der Waals surface area contributed by atoms with Crippen LogP contribution < -0.4 is 15.6 Å². The molecule has 0 heterocycles. The molecule has 3 rings (SSSR count). The average Bonchev–Trinajstić information content (AvgIpc) is 3.19. The zero-order valence-corrected chi connectivity index (χ0v) is 15.6. The highest BCUT2D eigenvalue weighted by atomic mass is 16.5. The lowest BCUT2D eigenvalue weighted by Gasteiger charge is -2.24. The topological polar surface area (TPSA) is 105 Å². The molecule has 7 heteroatoms. The Morgan fingerprint density at radius 3 is 2.22 bits per heavy atom. The van der Waals surface area contributed by atoms with Crippen molar-refractivity contribution in [1.29, 1.82) is 0 Å². The molecule has 5 atom stereocenters. The molecule has 1 saturated carbocycles. The molecule has 2 aliphatic rings. The summed E-state index contributed by atoms with van der Waals surface area (Å²) in [6, 6.07) is 5.66. The van der Waals surface area contributed by atoms with E-state index >= 15 is 0 Å². The van der Waals surface area contributed by atoms with Crippen molar-refractivity contribution in [1.82, 2.24) is 10.9 Å². The second-order valence-electron chi connectivity index (χ2n) is 7.40. The monoisotopic (exact) mass is 372 g/mol. The average molecular weight is 372 g/mol. The van der Waals surface area contributed by atoms with Gasteiger partial charge in [-0.3, -0.25) is 25.2 Å². The van der Waals surface area contributed by atoms with E-state index in [4.69, 9.17) is 4.74 Å². The van der Waals surface area contributed by atoms with Crippen LogP contribution in [0.15, 0.2) is 30.4 Å². The van der Waals surface area contributed by atoms with Crippen molar-refractivity contribution in [3.8, 4) is 5.75 Å². The molecule has 0 spiro atoms. The number of amides is 2. The van der Waals surface area contributed by atoms with Crippen LogP contribution in [0.1, 0.15) is 24.5 Å². The maximum Gasteiger partial charge on any atom is 0.307 e. The van der Waals surface area contributed by atoms with E-state index in [1.54, 1.807) is 6.92 Å². The third-order valence-electron chi connectivity index (χ3n) is 5.23. The number of carbonyl (C=O) groups excluding carboxylic acids is 2. The molecule has 0 radical (unpaired) electrons. The van der Waals surface area contributed by atoms with Crippen molar-refractivity contribution in [2.75, 3.05) is 0 Å². The van der Waals surface area contributed by atoms with Crippen molar-refractivity contribution in [2.24, 2.45) is 23.7 Å². The van der Waals surface area contributed by atoms with E-state index in [0.29, 0.717) is 12.2 Å². The smallest absolute Gasteiger partial charge is 0.307 e. The number of carboxylic acids is 1. The third-order valence-corrected chi connectivity index (χ3v) is 5.23. The molecule has 144 valence electrons. The fourth-order valence-corrected chi connectivity index (χ4v) is 4.08. The Morgan fingerprint density at radius 2 is 1.63 bits per heavy atom. The number of aryl methyl sites for hydroxylation is 2. The van der Waals surface area contributed by atoms with E-state index < -0.39 is 35.7 Å². The maximum atomic E-state index is 12.5. The first-order valence-corrected chi connectivity index (χ1v) is 9.02. The molecule has 1 aromatic rings. The molecule has 0 unspecified atom stereocenters. The van der Waals surface area contributed by atoms with Gasteiger partial charge >= 0.3 is 5.97 Å².